The maximum absolute atomic E-state index is 5.91. The fraction of sp³-hybridized carbons (Fsp3) is 1.00. The molecule has 0 aromatic rings. The van der Waals surface area contributed by atoms with Gasteiger partial charge in [0.15, 0.2) is 0 Å². The van der Waals surface area contributed by atoms with Gasteiger partial charge in [-0.15, -0.1) is 0 Å². The maximum atomic E-state index is 5.91. The minimum absolute atomic E-state index is 0.375. The van der Waals surface area contributed by atoms with Gasteiger partial charge in [-0.25, -0.2) is 0 Å². The second-order valence-corrected chi connectivity index (χ2v) is 7.64. The summed E-state index contributed by atoms with van der Waals surface area (Å²) in [5.41, 5.74) is 0. The summed E-state index contributed by atoms with van der Waals surface area (Å²) in [6.45, 7) is 17.4. The third-order valence-corrected chi connectivity index (χ3v) is 4.85. The topological polar surface area (TPSA) is 15.7 Å². The second-order valence-electron chi connectivity index (χ2n) is 7.64. The van der Waals surface area contributed by atoms with Crippen molar-refractivity contribution in [2.24, 2.45) is 5.92 Å². The highest BCUT2D eigenvalue weighted by molar-refractivity contribution is 4.93. The number of likely N-dealkylation sites (tertiary alicyclic amines) is 1. The highest BCUT2D eigenvalue weighted by atomic mass is 16.5. The van der Waals surface area contributed by atoms with E-state index in [0.717, 1.165) is 12.0 Å². The molecule has 3 heteroatoms. The van der Waals surface area contributed by atoms with Gasteiger partial charge in [-0.3, -0.25) is 4.90 Å². The molecule has 0 aromatic carbocycles. The van der Waals surface area contributed by atoms with Crippen molar-refractivity contribution in [2.45, 2.75) is 84.7 Å². The Balaban J connectivity index is 1.73. The first-order chi connectivity index (χ1) is 9.36. The molecule has 1 heterocycles. The Bertz CT molecular complexity index is 291. The van der Waals surface area contributed by atoms with Crippen LogP contribution in [0.1, 0.15) is 54.4 Å². The van der Waals surface area contributed by atoms with Gasteiger partial charge in [0.2, 0.25) is 0 Å². The van der Waals surface area contributed by atoms with Crippen LogP contribution in [0.2, 0.25) is 0 Å². The van der Waals surface area contributed by atoms with E-state index in [1.807, 2.05) is 0 Å². The van der Waals surface area contributed by atoms with Crippen LogP contribution in [-0.4, -0.2) is 59.8 Å². The van der Waals surface area contributed by atoms with E-state index in [1.165, 1.54) is 32.5 Å². The van der Waals surface area contributed by atoms with Gasteiger partial charge in [0.25, 0.3) is 0 Å². The number of hydrogen-bond acceptors (Lipinski definition) is 3. The van der Waals surface area contributed by atoms with Crippen molar-refractivity contribution in [3.05, 3.63) is 0 Å². The third kappa shape index (κ3) is 3.96. The van der Waals surface area contributed by atoms with Crippen LogP contribution in [0.5, 0.6) is 0 Å². The number of nitrogens with zero attached hydrogens (tertiary/aromatic N) is 2. The predicted molar refractivity (Wildman–Crippen MR) is 85.1 cm³/mol. The molecule has 1 aliphatic heterocycles. The molecule has 1 saturated heterocycles. The number of rotatable bonds is 7. The maximum Gasteiger partial charge on any atom is 0.0608 e. The third-order valence-electron chi connectivity index (χ3n) is 4.85. The summed E-state index contributed by atoms with van der Waals surface area (Å²) in [5.74, 6) is 0.880. The molecule has 0 bridgehead atoms. The Labute approximate surface area is 125 Å². The molecular weight excluding hydrogens is 248 g/mol. The highest BCUT2D eigenvalue weighted by Gasteiger charge is 2.38. The summed E-state index contributed by atoms with van der Waals surface area (Å²) in [7, 11) is 0. The average Bonchev–Trinajstić information content (AvgIpc) is 2.21. The van der Waals surface area contributed by atoms with Gasteiger partial charge < -0.3 is 9.64 Å². The van der Waals surface area contributed by atoms with Crippen LogP contribution in [0.3, 0.4) is 0 Å². The fourth-order valence-electron chi connectivity index (χ4n) is 3.53. The predicted octanol–water partition coefficient (Wildman–Crippen LogP) is 2.99. The summed E-state index contributed by atoms with van der Waals surface area (Å²) in [4.78, 5) is 5.30. The molecule has 0 N–H and O–H groups in total. The SMILES string of the molecule is CC(C)O[C@H]1C[C@H](N(CC2CN(C(C)C)C2)C(C)C)C1. The van der Waals surface area contributed by atoms with E-state index in [9.17, 15) is 0 Å². The zero-order valence-electron chi connectivity index (χ0n) is 14.3. The quantitative estimate of drug-likeness (QED) is 0.714. The average molecular weight is 282 g/mol. The molecule has 1 aliphatic carbocycles. The molecule has 0 atom stereocenters. The zero-order valence-corrected chi connectivity index (χ0v) is 14.3. The van der Waals surface area contributed by atoms with Crippen LogP contribution < -0.4 is 0 Å². The Hall–Kier alpha value is -0.120. The molecule has 2 aliphatic rings. The van der Waals surface area contributed by atoms with Gasteiger partial charge in [-0.1, -0.05) is 0 Å². The van der Waals surface area contributed by atoms with Crippen LogP contribution in [0.4, 0.5) is 0 Å². The normalized spacial score (nSPS) is 28.5. The first-order valence-electron chi connectivity index (χ1n) is 8.52. The molecule has 3 nitrogen and oxygen atoms in total. The van der Waals surface area contributed by atoms with E-state index in [0.29, 0.717) is 24.3 Å². The molecule has 0 spiro atoms. The van der Waals surface area contributed by atoms with Crippen molar-refractivity contribution in [1.29, 1.82) is 0 Å². The zero-order chi connectivity index (χ0) is 14.9. The van der Waals surface area contributed by atoms with Crippen molar-refractivity contribution in [1.82, 2.24) is 9.80 Å². The van der Waals surface area contributed by atoms with E-state index in [-0.39, 0.29) is 0 Å². The lowest BCUT2D eigenvalue weighted by Gasteiger charge is -2.50. The molecule has 0 radical (unpaired) electrons. The van der Waals surface area contributed by atoms with E-state index >= 15 is 0 Å². The summed E-state index contributed by atoms with van der Waals surface area (Å²) < 4.78 is 5.91. The largest absolute Gasteiger partial charge is 0.375 e. The van der Waals surface area contributed by atoms with Gasteiger partial charge in [0.05, 0.1) is 12.2 Å². The van der Waals surface area contributed by atoms with Crippen LogP contribution >= 0.6 is 0 Å². The minimum Gasteiger partial charge on any atom is -0.375 e. The van der Waals surface area contributed by atoms with Crippen LogP contribution in [-0.2, 0) is 4.74 Å². The molecule has 20 heavy (non-hydrogen) atoms. The van der Waals surface area contributed by atoms with Crippen LogP contribution in [0.15, 0.2) is 0 Å². The Morgan fingerprint density at radius 3 is 2.10 bits per heavy atom. The molecule has 2 rings (SSSR count). The van der Waals surface area contributed by atoms with Gasteiger partial charge in [-0.05, 0) is 60.3 Å². The highest BCUT2D eigenvalue weighted by Crippen LogP contribution is 2.32. The smallest absolute Gasteiger partial charge is 0.0608 e. The molecule has 118 valence electrons. The van der Waals surface area contributed by atoms with E-state index < -0.39 is 0 Å². The Morgan fingerprint density at radius 2 is 1.65 bits per heavy atom. The summed E-state index contributed by atoms with van der Waals surface area (Å²) in [6, 6.07) is 2.13. The van der Waals surface area contributed by atoms with E-state index in [1.54, 1.807) is 0 Å². The second kappa shape index (κ2) is 6.76. The van der Waals surface area contributed by atoms with Crippen molar-refractivity contribution < 1.29 is 4.74 Å². The molecule has 0 amide bonds. The monoisotopic (exact) mass is 282 g/mol. The van der Waals surface area contributed by atoms with E-state index in [4.69, 9.17) is 4.74 Å². The molecular formula is C17H34N2O. The minimum atomic E-state index is 0.375. The lowest BCUT2D eigenvalue weighted by molar-refractivity contribution is -0.0905. The summed E-state index contributed by atoms with van der Waals surface area (Å²) >= 11 is 0. The first-order valence-corrected chi connectivity index (χ1v) is 8.52. The van der Waals surface area contributed by atoms with Crippen molar-refractivity contribution >= 4 is 0 Å². The summed E-state index contributed by atoms with van der Waals surface area (Å²) in [6.07, 6.45) is 3.35. The molecule has 2 fully saturated rings. The number of ether oxygens (including phenoxy) is 1. The van der Waals surface area contributed by atoms with Crippen LogP contribution in [0, 0.1) is 5.92 Å². The number of hydrogen-bond donors (Lipinski definition) is 0. The lowest BCUT2D eigenvalue weighted by Crippen LogP contribution is -2.58. The molecule has 0 aromatic heterocycles. The molecule has 0 unspecified atom stereocenters. The Morgan fingerprint density at radius 1 is 1.05 bits per heavy atom. The van der Waals surface area contributed by atoms with Gasteiger partial charge in [0.1, 0.15) is 0 Å². The summed E-state index contributed by atoms with van der Waals surface area (Å²) in [5, 5.41) is 0. The van der Waals surface area contributed by atoms with Crippen molar-refractivity contribution in [3.8, 4) is 0 Å². The Kier molecular flexibility index (Phi) is 5.49. The van der Waals surface area contributed by atoms with Gasteiger partial charge in [-0.2, -0.15) is 0 Å². The van der Waals surface area contributed by atoms with Crippen molar-refractivity contribution in [2.75, 3.05) is 19.6 Å². The van der Waals surface area contributed by atoms with Gasteiger partial charge in [0, 0.05) is 37.8 Å². The van der Waals surface area contributed by atoms with Crippen molar-refractivity contribution in [3.63, 3.8) is 0 Å². The molecule has 1 saturated carbocycles. The fourth-order valence-corrected chi connectivity index (χ4v) is 3.53. The van der Waals surface area contributed by atoms with E-state index in [2.05, 4.69) is 51.3 Å². The van der Waals surface area contributed by atoms with Gasteiger partial charge >= 0.3 is 0 Å². The standard InChI is InChI=1S/C17H34N2O/c1-12(2)18-9-15(10-18)11-19(13(3)4)16-7-17(8-16)20-14(5)6/h12-17H,7-11H2,1-6H3/t16-,17-. The van der Waals surface area contributed by atoms with Crippen LogP contribution in [0.25, 0.3) is 0 Å². The first kappa shape index (κ1) is 16.3. The lowest BCUT2D eigenvalue weighted by atomic mass is 9.85.